The number of hydrogen-bond acceptors (Lipinski definition) is 10. The summed E-state index contributed by atoms with van der Waals surface area (Å²) in [5.41, 5.74) is 5.28. The van der Waals surface area contributed by atoms with Crippen molar-refractivity contribution in [3.05, 3.63) is 78.0 Å². The summed E-state index contributed by atoms with van der Waals surface area (Å²) in [7, 11) is -1.87. The number of rotatable bonds is 15. The van der Waals surface area contributed by atoms with E-state index in [1.54, 1.807) is 37.7 Å². The summed E-state index contributed by atoms with van der Waals surface area (Å²) >= 11 is 0. The van der Waals surface area contributed by atoms with E-state index in [0.717, 1.165) is 17.7 Å². The maximum Gasteiger partial charge on any atom is 0.390 e. The summed E-state index contributed by atoms with van der Waals surface area (Å²) in [6.45, 7) is 27.0. The van der Waals surface area contributed by atoms with Gasteiger partial charge in [-0.25, -0.2) is 0 Å². The first kappa shape index (κ1) is 56.5. The number of aromatic nitrogens is 4. The van der Waals surface area contributed by atoms with Gasteiger partial charge in [0.15, 0.2) is 16.6 Å². The van der Waals surface area contributed by atoms with Gasteiger partial charge in [0, 0.05) is 68.7 Å². The third kappa shape index (κ3) is 21.9. The fraction of sp³-hybridized carbons (Fsp3) is 0.610. The fourth-order valence-electron chi connectivity index (χ4n) is 4.05. The Hall–Kier alpha value is -3.47. The first-order valence-corrected chi connectivity index (χ1v) is 25.6. The number of hydrazine groups is 1. The lowest BCUT2D eigenvalue weighted by atomic mass is 10.1. The van der Waals surface area contributed by atoms with Crippen LogP contribution >= 0.6 is 0 Å². The Morgan fingerprint density at radius 1 is 0.833 bits per heavy atom. The summed E-state index contributed by atoms with van der Waals surface area (Å²) in [4.78, 5) is 23.0. The third-order valence-corrected chi connectivity index (χ3v) is 18.9. The lowest BCUT2D eigenvalue weighted by Crippen LogP contribution is -2.40. The number of carbonyl (C=O) groups excluding carboxylic acids is 1. The van der Waals surface area contributed by atoms with Crippen LogP contribution in [-0.4, -0.2) is 91.3 Å². The molecular weight excluding hydrogens is 825 g/mol. The van der Waals surface area contributed by atoms with E-state index in [9.17, 15) is 31.1 Å². The van der Waals surface area contributed by atoms with E-state index in [1.807, 2.05) is 48.6 Å². The number of pyridine rings is 2. The van der Waals surface area contributed by atoms with Crippen LogP contribution in [0, 0.1) is 0 Å². The minimum absolute atomic E-state index is 0.0733. The largest absolute Gasteiger partial charge is 0.412 e. The molecule has 11 nitrogen and oxygen atoms in total. The van der Waals surface area contributed by atoms with Crippen molar-refractivity contribution in [2.45, 2.75) is 137 Å². The number of nitrogens with two attached hydrogens (primary N) is 1. The number of nitrogens with zero attached hydrogens (tertiary/aromatic N) is 5. The number of ketones is 1. The van der Waals surface area contributed by atoms with Crippen LogP contribution in [0.3, 0.4) is 0 Å². The van der Waals surface area contributed by atoms with Gasteiger partial charge in [-0.3, -0.25) is 30.7 Å². The van der Waals surface area contributed by atoms with Crippen LogP contribution in [0.2, 0.25) is 36.3 Å². The van der Waals surface area contributed by atoms with Crippen molar-refractivity contribution in [1.82, 2.24) is 30.1 Å². The molecule has 0 saturated carbocycles. The molecule has 60 heavy (non-hydrogen) atoms. The highest BCUT2D eigenvalue weighted by Gasteiger charge is 2.38. The average Bonchev–Trinajstić information content (AvgIpc) is 3.62. The van der Waals surface area contributed by atoms with E-state index < -0.39 is 41.8 Å². The van der Waals surface area contributed by atoms with Gasteiger partial charge in [0.1, 0.15) is 5.69 Å². The smallest absolute Gasteiger partial charge is 0.390 e. The summed E-state index contributed by atoms with van der Waals surface area (Å²) < 4.78 is 84.9. The van der Waals surface area contributed by atoms with Crippen molar-refractivity contribution in [2.24, 2.45) is 5.84 Å². The number of alkyl halides is 6. The molecule has 0 radical (unpaired) electrons. The summed E-state index contributed by atoms with van der Waals surface area (Å²) in [6.07, 6.45) is -1.97. The Labute approximate surface area is 355 Å². The number of aliphatic hydroxyl groups is 1. The highest BCUT2D eigenvalue weighted by atomic mass is 28.4. The average molecular weight is 894 g/mol. The molecule has 3 aromatic rings. The monoisotopic (exact) mass is 893 g/mol. The molecule has 3 aromatic heterocycles. The van der Waals surface area contributed by atoms with Gasteiger partial charge in [-0.1, -0.05) is 53.7 Å². The van der Waals surface area contributed by atoms with Crippen molar-refractivity contribution in [2.75, 3.05) is 26.7 Å². The van der Waals surface area contributed by atoms with Crippen molar-refractivity contribution in [3.8, 4) is 11.4 Å². The van der Waals surface area contributed by atoms with Gasteiger partial charge in [0.25, 0.3) is 0 Å². The van der Waals surface area contributed by atoms with Crippen molar-refractivity contribution in [1.29, 1.82) is 0 Å². The maximum absolute atomic E-state index is 12.6. The van der Waals surface area contributed by atoms with Crippen LogP contribution in [-0.2, 0) is 28.6 Å². The lowest BCUT2D eigenvalue weighted by molar-refractivity contribution is -0.137. The van der Waals surface area contributed by atoms with E-state index >= 15 is 0 Å². The molecule has 0 spiro atoms. The molecular formula is C41H69F6N7O4Si2. The van der Waals surface area contributed by atoms with Gasteiger partial charge in [-0.05, 0) is 68.3 Å². The second-order valence-electron chi connectivity index (χ2n) is 16.8. The molecule has 0 atom stereocenters. The number of aryl methyl sites for hydroxylation is 1. The fourth-order valence-corrected chi connectivity index (χ4v) is 5.95. The topological polar surface area (TPSA) is 141 Å². The molecule has 0 aliphatic rings. The first-order chi connectivity index (χ1) is 27.5. The minimum Gasteiger partial charge on any atom is -0.412 e. The second-order valence-corrected chi connectivity index (χ2v) is 26.4. The van der Waals surface area contributed by atoms with Crippen LogP contribution in [0.15, 0.2) is 61.2 Å². The number of allylic oxidation sites excluding steroid dienone is 1. The zero-order chi connectivity index (χ0) is 46.6. The van der Waals surface area contributed by atoms with Gasteiger partial charge in [-0.15, -0.1) is 0 Å². The normalized spacial score (nSPS) is 12.5. The van der Waals surface area contributed by atoms with E-state index in [4.69, 9.17) is 14.0 Å². The molecule has 3 rings (SSSR count). The van der Waals surface area contributed by atoms with Crippen LogP contribution in [0.1, 0.15) is 89.8 Å². The van der Waals surface area contributed by atoms with Crippen molar-refractivity contribution < 1.29 is 45.1 Å². The molecule has 0 aliphatic heterocycles. The predicted molar refractivity (Wildman–Crippen MR) is 232 cm³/mol. The summed E-state index contributed by atoms with van der Waals surface area (Å²) in [6, 6.07) is 9.17. The molecule has 19 heteroatoms. The number of hydrogen-bond donors (Lipinski definition) is 3. The number of aliphatic hydroxyl groups excluding tert-OH is 1. The molecule has 342 valence electrons. The van der Waals surface area contributed by atoms with Crippen molar-refractivity contribution >= 4 is 22.4 Å². The lowest BCUT2D eigenvalue weighted by Gasteiger charge is -2.36. The number of nitrogens with one attached hydrogen (secondary N) is 1. The zero-order valence-electron chi connectivity index (χ0n) is 37.7. The standard InChI is InChI=1S/C18H26F3N3OSi.C18H30N2O2Si.C3H7F3N2.C2H6O/c1-17(2,3)26(4,5)25-13-14-7-6-10-22-16(14)15-8-11-23-24(15)12-9-18(19,20)21;1-8-20(5)13-11-16(21)17-15(10-9-12-19-17)14-22-23(6,7)18(2,3)4;4-3(5,6)1-2-8-7;1-2-3/h6-8,10-11H,9,12-13H2,1-5H3;9-13H,8,14H2,1-7H3;8H,1-2,7H2;3H,2H2,1H3/b;13-11+;;. The Kier molecular flexibility index (Phi) is 24.0. The Morgan fingerprint density at radius 3 is 1.77 bits per heavy atom. The van der Waals surface area contributed by atoms with Gasteiger partial charge >= 0.3 is 12.4 Å². The molecule has 0 unspecified atom stereocenters. The molecule has 0 aliphatic carbocycles. The van der Waals surface area contributed by atoms with E-state index in [-0.39, 0.29) is 35.6 Å². The Bertz CT molecular complexity index is 1710. The van der Waals surface area contributed by atoms with Gasteiger partial charge in [0.2, 0.25) is 5.78 Å². The zero-order valence-corrected chi connectivity index (χ0v) is 39.7. The second kappa shape index (κ2) is 25.5. The van der Waals surface area contributed by atoms with E-state index in [2.05, 4.69) is 88.6 Å². The highest BCUT2D eigenvalue weighted by Crippen LogP contribution is 2.38. The molecule has 0 saturated heterocycles. The van der Waals surface area contributed by atoms with Crippen LogP contribution in [0.5, 0.6) is 0 Å². The molecule has 4 N–H and O–H groups in total. The molecule has 0 fully saturated rings. The summed E-state index contributed by atoms with van der Waals surface area (Å²) in [5.74, 6) is 4.50. The Balaban J connectivity index is 0.000000935. The van der Waals surface area contributed by atoms with Crippen LogP contribution in [0.25, 0.3) is 11.4 Å². The predicted octanol–water partition coefficient (Wildman–Crippen LogP) is 10.1. The minimum atomic E-state index is -4.22. The third-order valence-electron chi connectivity index (χ3n) is 9.90. The molecule has 3 heterocycles. The van der Waals surface area contributed by atoms with Gasteiger partial charge in [0.05, 0.1) is 44.0 Å². The SMILES string of the molecule is CC(C)(C)[Si](C)(C)OCc1cccnc1-c1ccnn1CCC(F)(F)F.CCN(C)/C=C/C(=O)c1ncccc1CO[Si](C)(C)C(C)(C)C.CCO.NNCCC(F)(F)F. The highest BCUT2D eigenvalue weighted by molar-refractivity contribution is 6.74. The van der Waals surface area contributed by atoms with Crippen molar-refractivity contribution in [3.63, 3.8) is 0 Å². The maximum atomic E-state index is 12.6. The molecule has 0 bridgehead atoms. The van der Waals surface area contributed by atoms with Gasteiger partial charge in [-0.2, -0.15) is 31.4 Å². The number of halogens is 6. The first-order valence-electron chi connectivity index (χ1n) is 19.7. The molecule has 0 aromatic carbocycles. The molecule has 0 amide bonds. The van der Waals surface area contributed by atoms with Crippen LogP contribution < -0.4 is 11.3 Å². The van der Waals surface area contributed by atoms with E-state index in [0.29, 0.717) is 30.3 Å². The quantitative estimate of drug-likeness (QED) is 0.0337. The number of carbonyl (C=O) groups is 1. The summed E-state index contributed by atoms with van der Waals surface area (Å²) in [5, 5.41) is 11.8. The van der Waals surface area contributed by atoms with Gasteiger partial charge < -0.3 is 18.9 Å². The Morgan fingerprint density at radius 2 is 1.32 bits per heavy atom. The van der Waals surface area contributed by atoms with E-state index in [1.165, 1.54) is 10.9 Å². The van der Waals surface area contributed by atoms with Crippen LogP contribution in [0.4, 0.5) is 26.3 Å².